The molecule has 2 N–H and O–H groups in total. The van der Waals surface area contributed by atoms with Gasteiger partial charge in [0, 0.05) is 18.2 Å². The molecule has 116 valence electrons. The van der Waals surface area contributed by atoms with Crippen LogP contribution < -0.4 is 5.73 Å². The Kier molecular flexibility index (Phi) is 5.34. The summed E-state index contributed by atoms with van der Waals surface area (Å²) in [7, 11) is 0. The van der Waals surface area contributed by atoms with Crippen molar-refractivity contribution in [3.63, 3.8) is 0 Å². The molecule has 1 amide bonds. The molecule has 1 aromatic rings. The van der Waals surface area contributed by atoms with E-state index >= 15 is 0 Å². The molecule has 2 atom stereocenters. The summed E-state index contributed by atoms with van der Waals surface area (Å²) in [5, 5.41) is 0. The van der Waals surface area contributed by atoms with Crippen LogP contribution in [0.2, 0.25) is 0 Å². The zero-order valence-electron chi connectivity index (χ0n) is 12.9. The first-order chi connectivity index (χ1) is 10.1. The summed E-state index contributed by atoms with van der Waals surface area (Å²) in [5.74, 6) is -0.0730. The van der Waals surface area contributed by atoms with E-state index in [0.29, 0.717) is 24.6 Å². The first-order valence-corrected chi connectivity index (χ1v) is 7.85. The van der Waals surface area contributed by atoms with Crippen LogP contribution >= 0.6 is 0 Å². The van der Waals surface area contributed by atoms with Crippen molar-refractivity contribution in [3.05, 3.63) is 35.1 Å². The second kappa shape index (κ2) is 7.03. The summed E-state index contributed by atoms with van der Waals surface area (Å²) in [6.45, 7) is 5.03. The third-order valence-electron chi connectivity index (χ3n) is 4.46. The van der Waals surface area contributed by atoms with Gasteiger partial charge in [0.05, 0.1) is 0 Å². The fraction of sp³-hybridized carbons (Fsp3) is 0.588. The Balaban J connectivity index is 2.25. The molecule has 1 saturated carbocycles. The van der Waals surface area contributed by atoms with Crippen molar-refractivity contribution in [2.75, 3.05) is 13.1 Å². The van der Waals surface area contributed by atoms with Gasteiger partial charge in [-0.15, -0.1) is 0 Å². The minimum atomic E-state index is -0.353. The molecule has 21 heavy (non-hydrogen) atoms. The molecule has 0 aliphatic heterocycles. The Labute approximate surface area is 126 Å². The van der Waals surface area contributed by atoms with Gasteiger partial charge in [0.2, 0.25) is 0 Å². The third-order valence-corrected chi connectivity index (χ3v) is 4.46. The summed E-state index contributed by atoms with van der Waals surface area (Å²) in [5.41, 5.74) is 7.09. The van der Waals surface area contributed by atoms with Crippen molar-refractivity contribution < 1.29 is 9.18 Å². The van der Waals surface area contributed by atoms with Gasteiger partial charge >= 0.3 is 0 Å². The zero-order valence-corrected chi connectivity index (χ0v) is 12.9. The predicted octanol–water partition coefficient (Wildman–Crippen LogP) is 3.11. The number of nitrogens with zero attached hydrogens (tertiary/aromatic N) is 1. The molecule has 0 heterocycles. The lowest BCUT2D eigenvalue weighted by Gasteiger charge is -2.39. The Hall–Kier alpha value is -1.42. The van der Waals surface area contributed by atoms with E-state index in [2.05, 4.69) is 0 Å². The van der Waals surface area contributed by atoms with Crippen molar-refractivity contribution in [2.24, 2.45) is 11.7 Å². The molecule has 1 aliphatic rings. The zero-order chi connectivity index (χ0) is 15.4. The lowest BCUT2D eigenvalue weighted by Crippen LogP contribution is -2.48. The van der Waals surface area contributed by atoms with Crippen LogP contribution in [-0.2, 0) is 0 Å². The third kappa shape index (κ3) is 3.62. The first kappa shape index (κ1) is 16.0. The van der Waals surface area contributed by atoms with Gasteiger partial charge in [-0.1, -0.05) is 12.8 Å². The molecular formula is C17H25FN2O. The van der Waals surface area contributed by atoms with E-state index in [0.717, 1.165) is 24.8 Å². The fourth-order valence-electron chi connectivity index (χ4n) is 3.43. The van der Waals surface area contributed by atoms with E-state index in [1.54, 1.807) is 13.0 Å². The maximum Gasteiger partial charge on any atom is 0.254 e. The second-order valence-corrected chi connectivity index (χ2v) is 5.96. The highest BCUT2D eigenvalue weighted by Gasteiger charge is 2.31. The minimum Gasteiger partial charge on any atom is -0.336 e. The largest absolute Gasteiger partial charge is 0.336 e. The van der Waals surface area contributed by atoms with Gasteiger partial charge in [-0.05, 0) is 62.9 Å². The summed E-state index contributed by atoms with van der Waals surface area (Å²) in [4.78, 5) is 14.6. The van der Waals surface area contributed by atoms with Gasteiger partial charge in [0.25, 0.3) is 5.91 Å². The predicted molar refractivity (Wildman–Crippen MR) is 82.6 cm³/mol. The molecule has 0 bridgehead atoms. The second-order valence-electron chi connectivity index (χ2n) is 5.96. The monoisotopic (exact) mass is 292 g/mol. The fourth-order valence-corrected chi connectivity index (χ4v) is 3.43. The SMILES string of the molecule is CCN(C(=O)c1cc(C)cc(F)c1)C1CCCCC1CN. The smallest absolute Gasteiger partial charge is 0.254 e. The van der Waals surface area contributed by atoms with Gasteiger partial charge in [-0.25, -0.2) is 4.39 Å². The number of hydrogen-bond donors (Lipinski definition) is 1. The van der Waals surface area contributed by atoms with Crippen molar-refractivity contribution in [1.82, 2.24) is 4.90 Å². The number of nitrogens with two attached hydrogens (primary N) is 1. The van der Waals surface area contributed by atoms with E-state index in [-0.39, 0.29) is 17.8 Å². The number of aryl methyl sites for hydroxylation is 1. The summed E-state index contributed by atoms with van der Waals surface area (Å²) < 4.78 is 13.6. The number of carbonyl (C=O) groups excluding carboxylic acids is 1. The van der Waals surface area contributed by atoms with Gasteiger partial charge in [-0.2, -0.15) is 0 Å². The van der Waals surface area contributed by atoms with Crippen molar-refractivity contribution >= 4 is 5.91 Å². The molecule has 2 rings (SSSR count). The average molecular weight is 292 g/mol. The van der Waals surface area contributed by atoms with E-state index in [4.69, 9.17) is 5.73 Å². The van der Waals surface area contributed by atoms with E-state index in [1.807, 2.05) is 11.8 Å². The van der Waals surface area contributed by atoms with Gasteiger partial charge in [0.15, 0.2) is 0 Å². The first-order valence-electron chi connectivity index (χ1n) is 7.85. The number of benzene rings is 1. The maximum atomic E-state index is 13.6. The van der Waals surface area contributed by atoms with E-state index in [9.17, 15) is 9.18 Å². The van der Waals surface area contributed by atoms with E-state index in [1.165, 1.54) is 18.6 Å². The Morgan fingerprint density at radius 1 is 1.33 bits per heavy atom. The Morgan fingerprint density at radius 3 is 2.67 bits per heavy atom. The van der Waals surface area contributed by atoms with Gasteiger partial charge < -0.3 is 10.6 Å². The van der Waals surface area contributed by atoms with Crippen LogP contribution in [0.3, 0.4) is 0 Å². The molecule has 0 spiro atoms. The number of hydrogen-bond acceptors (Lipinski definition) is 2. The summed E-state index contributed by atoms with van der Waals surface area (Å²) >= 11 is 0. The van der Waals surface area contributed by atoms with Crippen molar-refractivity contribution in [3.8, 4) is 0 Å². The van der Waals surface area contributed by atoms with Crippen LogP contribution in [-0.4, -0.2) is 29.9 Å². The molecule has 3 nitrogen and oxygen atoms in total. The number of carbonyl (C=O) groups is 1. The van der Waals surface area contributed by atoms with Crippen LogP contribution in [0.4, 0.5) is 4.39 Å². The Morgan fingerprint density at radius 2 is 2.05 bits per heavy atom. The molecular weight excluding hydrogens is 267 g/mol. The molecule has 1 aliphatic carbocycles. The topological polar surface area (TPSA) is 46.3 Å². The highest BCUT2D eigenvalue weighted by Crippen LogP contribution is 2.29. The molecule has 0 saturated heterocycles. The highest BCUT2D eigenvalue weighted by molar-refractivity contribution is 5.94. The van der Waals surface area contributed by atoms with Gasteiger partial charge in [-0.3, -0.25) is 4.79 Å². The average Bonchev–Trinajstić information content (AvgIpc) is 2.47. The molecule has 1 aromatic carbocycles. The highest BCUT2D eigenvalue weighted by atomic mass is 19.1. The summed E-state index contributed by atoms with van der Waals surface area (Å²) in [6.07, 6.45) is 4.39. The standard InChI is InChI=1S/C17H25FN2O/c1-3-20(16-7-5-4-6-13(16)11-19)17(21)14-8-12(2)9-15(18)10-14/h8-10,13,16H,3-7,11,19H2,1-2H3. The van der Waals surface area contributed by atoms with E-state index < -0.39 is 0 Å². The maximum absolute atomic E-state index is 13.6. The quantitative estimate of drug-likeness (QED) is 0.927. The summed E-state index contributed by atoms with van der Waals surface area (Å²) in [6, 6.07) is 4.72. The molecule has 1 fully saturated rings. The number of halogens is 1. The molecule has 4 heteroatoms. The lowest BCUT2D eigenvalue weighted by atomic mass is 9.83. The van der Waals surface area contributed by atoms with Crippen LogP contribution in [0.5, 0.6) is 0 Å². The molecule has 2 unspecified atom stereocenters. The number of amides is 1. The van der Waals surface area contributed by atoms with Gasteiger partial charge in [0.1, 0.15) is 5.82 Å². The van der Waals surface area contributed by atoms with Crippen LogP contribution in [0.1, 0.15) is 48.5 Å². The number of rotatable bonds is 4. The van der Waals surface area contributed by atoms with Crippen molar-refractivity contribution in [1.29, 1.82) is 0 Å². The minimum absolute atomic E-state index is 0.0783. The Bertz CT molecular complexity index is 483. The molecule has 0 radical (unpaired) electrons. The molecule has 0 aromatic heterocycles. The van der Waals surface area contributed by atoms with Crippen LogP contribution in [0, 0.1) is 18.7 Å². The van der Waals surface area contributed by atoms with Crippen LogP contribution in [0.15, 0.2) is 18.2 Å². The lowest BCUT2D eigenvalue weighted by molar-refractivity contribution is 0.0559. The normalized spacial score (nSPS) is 22.1. The van der Waals surface area contributed by atoms with Crippen molar-refractivity contribution in [2.45, 2.75) is 45.6 Å². The van der Waals surface area contributed by atoms with Crippen LogP contribution in [0.25, 0.3) is 0 Å².